The molecule has 1 aromatic carbocycles. The molecule has 186 valence electrons. The van der Waals surface area contributed by atoms with Crippen LogP contribution in [0.2, 0.25) is 0 Å². The first kappa shape index (κ1) is 24.5. The minimum Gasteiger partial charge on any atom is -0.481 e. The summed E-state index contributed by atoms with van der Waals surface area (Å²) >= 11 is 0. The highest BCUT2D eigenvalue weighted by Crippen LogP contribution is 2.32. The van der Waals surface area contributed by atoms with Crippen LogP contribution in [-0.4, -0.2) is 26.3 Å². The van der Waals surface area contributed by atoms with Crippen molar-refractivity contribution in [2.24, 2.45) is 0 Å². The van der Waals surface area contributed by atoms with E-state index in [4.69, 9.17) is 5.11 Å². The normalized spacial score (nSPS) is 17.4. The number of carbonyl (C=O) groups is 1. The summed E-state index contributed by atoms with van der Waals surface area (Å²) in [5, 5.41) is 12.4. The molecule has 8 heteroatoms. The van der Waals surface area contributed by atoms with Gasteiger partial charge >= 0.3 is 11.7 Å². The Morgan fingerprint density at radius 3 is 2.35 bits per heavy atom. The molecule has 1 heterocycles. The summed E-state index contributed by atoms with van der Waals surface area (Å²) in [5.41, 5.74) is 0.147. The van der Waals surface area contributed by atoms with E-state index in [0.29, 0.717) is 24.0 Å². The van der Waals surface area contributed by atoms with Crippen LogP contribution in [0.4, 0.5) is 10.1 Å². The quantitative estimate of drug-likeness (QED) is 0.463. The van der Waals surface area contributed by atoms with E-state index >= 15 is 4.39 Å². The second kappa shape index (κ2) is 11.2. The highest BCUT2D eigenvalue weighted by Gasteiger charge is 2.25. The van der Waals surface area contributed by atoms with E-state index in [2.05, 4.69) is 5.32 Å². The minimum atomic E-state index is -0.815. The molecule has 1 aromatic heterocycles. The lowest BCUT2D eigenvalue weighted by Gasteiger charge is -2.25. The van der Waals surface area contributed by atoms with Gasteiger partial charge in [-0.15, -0.1) is 0 Å². The summed E-state index contributed by atoms with van der Waals surface area (Å²) in [6.45, 7) is 0.261. The average molecular weight is 474 g/mol. The third-order valence-corrected chi connectivity index (χ3v) is 7.43. The zero-order valence-electron chi connectivity index (χ0n) is 19.9. The first-order valence-electron chi connectivity index (χ1n) is 12.9. The number of hydrogen-bond acceptors (Lipinski definition) is 4. The molecule has 0 bridgehead atoms. The molecular formula is C26H36FN3O4. The monoisotopic (exact) mass is 473 g/mol. The highest BCUT2D eigenvalue weighted by molar-refractivity contribution is 5.82. The van der Waals surface area contributed by atoms with E-state index < -0.39 is 17.3 Å². The Balaban J connectivity index is 1.66. The number of carboxylic acid groups (broad SMARTS) is 1. The van der Waals surface area contributed by atoms with Gasteiger partial charge in [-0.05, 0) is 50.7 Å². The number of nitrogens with one attached hydrogen (secondary N) is 1. The predicted octanol–water partition coefficient (Wildman–Crippen LogP) is 5.20. The molecule has 0 saturated heterocycles. The molecule has 0 aliphatic heterocycles. The molecule has 0 amide bonds. The van der Waals surface area contributed by atoms with E-state index in [0.717, 1.165) is 64.2 Å². The number of aliphatic carboxylic acids is 1. The Morgan fingerprint density at radius 2 is 1.65 bits per heavy atom. The van der Waals surface area contributed by atoms with Crippen LogP contribution >= 0.6 is 0 Å². The van der Waals surface area contributed by atoms with Gasteiger partial charge in [-0.3, -0.25) is 18.7 Å². The lowest BCUT2D eigenvalue weighted by atomic mass is 9.95. The fourth-order valence-electron chi connectivity index (χ4n) is 5.59. The van der Waals surface area contributed by atoms with Crippen LogP contribution < -0.4 is 16.6 Å². The third-order valence-electron chi connectivity index (χ3n) is 7.43. The van der Waals surface area contributed by atoms with Crippen LogP contribution in [0.1, 0.15) is 95.9 Å². The Labute approximate surface area is 199 Å². The number of fused-ring (bicyclic) bond motifs is 1. The van der Waals surface area contributed by atoms with E-state index in [-0.39, 0.29) is 36.1 Å². The van der Waals surface area contributed by atoms with Crippen molar-refractivity contribution < 1.29 is 14.3 Å². The van der Waals surface area contributed by atoms with Crippen LogP contribution in [0, 0.1) is 5.82 Å². The molecule has 4 rings (SSSR count). The molecule has 2 aromatic rings. The molecule has 0 unspecified atom stereocenters. The lowest BCUT2D eigenvalue weighted by molar-refractivity contribution is -0.137. The zero-order valence-corrected chi connectivity index (χ0v) is 19.9. The molecule has 7 nitrogen and oxygen atoms in total. The molecule has 2 saturated carbocycles. The molecule has 2 aliphatic rings. The molecule has 0 spiro atoms. The van der Waals surface area contributed by atoms with Gasteiger partial charge in [-0.1, -0.05) is 44.9 Å². The van der Waals surface area contributed by atoms with Crippen molar-refractivity contribution in [3.8, 4) is 0 Å². The van der Waals surface area contributed by atoms with Crippen LogP contribution in [0.25, 0.3) is 10.9 Å². The maximum absolute atomic E-state index is 15.1. The van der Waals surface area contributed by atoms with Gasteiger partial charge in [0.2, 0.25) is 0 Å². The number of unbranched alkanes of at least 4 members (excludes halogenated alkanes) is 3. The van der Waals surface area contributed by atoms with Gasteiger partial charge in [0.05, 0.1) is 16.6 Å². The number of halogens is 1. The van der Waals surface area contributed by atoms with Crippen molar-refractivity contribution in [3.05, 3.63) is 38.8 Å². The largest absolute Gasteiger partial charge is 0.481 e. The fourth-order valence-corrected chi connectivity index (χ4v) is 5.59. The van der Waals surface area contributed by atoms with Gasteiger partial charge in [-0.25, -0.2) is 9.18 Å². The van der Waals surface area contributed by atoms with Crippen molar-refractivity contribution in [1.29, 1.82) is 0 Å². The summed E-state index contributed by atoms with van der Waals surface area (Å²) in [7, 11) is 0. The second-order valence-electron chi connectivity index (χ2n) is 9.93. The Hall–Kier alpha value is -2.64. The van der Waals surface area contributed by atoms with Crippen LogP contribution in [0.3, 0.4) is 0 Å². The van der Waals surface area contributed by atoms with E-state index in [1.54, 1.807) is 10.6 Å². The van der Waals surface area contributed by atoms with Crippen LogP contribution in [-0.2, 0) is 11.3 Å². The minimum absolute atomic E-state index is 0.0189. The Bertz CT molecular complexity index is 1130. The standard InChI is InChI=1S/C26H36FN3O4/c27-21-16-20-23(17-22(21)28-18-10-4-3-5-11-18)30(19-12-7-8-13-19)26(34)29(25(20)33)15-9-2-1-6-14-24(31)32/h16-19,28H,1-15H2,(H,31,32). The van der Waals surface area contributed by atoms with Crippen molar-refractivity contribution in [1.82, 2.24) is 9.13 Å². The van der Waals surface area contributed by atoms with Crippen molar-refractivity contribution in [2.75, 3.05) is 5.32 Å². The molecule has 2 N–H and O–H groups in total. The smallest absolute Gasteiger partial charge is 0.331 e. The number of anilines is 1. The summed E-state index contributed by atoms with van der Waals surface area (Å²) in [4.78, 5) is 37.5. The van der Waals surface area contributed by atoms with Crippen LogP contribution in [0.5, 0.6) is 0 Å². The number of benzene rings is 1. The maximum atomic E-state index is 15.1. The van der Waals surface area contributed by atoms with Gasteiger partial charge in [0.25, 0.3) is 5.56 Å². The van der Waals surface area contributed by atoms with Gasteiger partial charge in [0, 0.05) is 25.0 Å². The van der Waals surface area contributed by atoms with E-state index in [1.165, 1.54) is 17.1 Å². The third kappa shape index (κ3) is 5.53. The first-order valence-corrected chi connectivity index (χ1v) is 12.9. The predicted molar refractivity (Wildman–Crippen MR) is 131 cm³/mol. The lowest BCUT2D eigenvalue weighted by Crippen LogP contribution is -2.41. The number of hydrogen-bond donors (Lipinski definition) is 2. The van der Waals surface area contributed by atoms with Crippen molar-refractivity contribution in [2.45, 2.75) is 109 Å². The van der Waals surface area contributed by atoms with Gasteiger partial charge in [0.1, 0.15) is 5.82 Å². The number of rotatable bonds is 10. The Kier molecular flexibility index (Phi) is 8.06. The van der Waals surface area contributed by atoms with Crippen LogP contribution in [0.15, 0.2) is 21.7 Å². The Morgan fingerprint density at radius 1 is 0.971 bits per heavy atom. The maximum Gasteiger partial charge on any atom is 0.331 e. The summed E-state index contributed by atoms with van der Waals surface area (Å²) in [5.74, 6) is -1.27. The molecule has 34 heavy (non-hydrogen) atoms. The number of carboxylic acids is 1. The topological polar surface area (TPSA) is 93.3 Å². The number of nitrogens with zero attached hydrogens (tertiary/aromatic N) is 2. The van der Waals surface area contributed by atoms with Crippen molar-refractivity contribution >= 4 is 22.6 Å². The molecule has 0 atom stereocenters. The van der Waals surface area contributed by atoms with Crippen molar-refractivity contribution in [3.63, 3.8) is 0 Å². The average Bonchev–Trinajstić information content (AvgIpc) is 3.34. The fraction of sp³-hybridized carbons (Fsp3) is 0.654. The highest BCUT2D eigenvalue weighted by atomic mass is 19.1. The second-order valence-corrected chi connectivity index (χ2v) is 9.93. The SMILES string of the molecule is O=C(O)CCCCCCn1c(=O)c2cc(F)c(NC3CCCCC3)cc2n(C2CCCC2)c1=O. The summed E-state index contributed by atoms with van der Waals surface area (Å²) < 4.78 is 18.1. The molecule has 2 fully saturated rings. The molecule has 0 radical (unpaired) electrons. The van der Waals surface area contributed by atoms with Gasteiger partial charge < -0.3 is 10.4 Å². The van der Waals surface area contributed by atoms with Gasteiger partial charge in [0.15, 0.2) is 0 Å². The van der Waals surface area contributed by atoms with E-state index in [1.807, 2.05) is 0 Å². The molecular weight excluding hydrogens is 437 g/mol. The van der Waals surface area contributed by atoms with E-state index in [9.17, 15) is 14.4 Å². The zero-order chi connectivity index (χ0) is 24.1. The summed E-state index contributed by atoms with van der Waals surface area (Å²) in [6, 6.07) is 3.22. The summed E-state index contributed by atoms with van der Waals surface area (Å²) in [6.07, 6.45) is 12.1. The van der Waals surface area contributed by atoms with Gasteiger partial charge in [-0.2, -0.15) is 0 Å². The molecule has 2 aliphatic carbocycles. The number of aromatic nitrogens is 2. The first-order chi connectivity index (χ1) is 16.5.